The second-order valence-electron chi connectivity index (χ2n) is 12.6. The molecule has 2 N–H and O–H groups in total. The number of ether oxygens (including phenoxy) is 1. The molecule has 4 rings (SSSR count). The molecule has 6 heteroatoms. The van der Waals surface area contributed by atoms with Crippen LogP contribution >= 0.6 is 0 Å². The van der Waals surface area contributed by atoms with Gasteiger partial charge in [-0.3, -0.25) is 9.36 Å². The summed E-state index contributed by atoms with van der Waals surface area (Å²) in [5.74, 6) is 0.428. The number of aromatic nitrogens is 1. The zero-order valence-electron chi connectivity index (χ0n) is 28.9. The van der Waals surface area contributed by atoms with Crippen LogP contribution in [0.5, 0.6) is 5.88 Å². The predicted octanol–water partition coefficient (Wildman–Crippen LogP) is 12.0. The molecular formula is C42H55N3O3. The number of amides is 1. The molecule has 0 aliphatic heterocycles. The lowest BCUT2D eigenvalue weighted by molar-refractivity contribution is 0.102. The number of nitrogens with zero attached hydrogens (tertiary/aromatic N) is 1. The van der Waals surface area contributed by atoms with Gasteiger partial charge in [0.25, 0.3) is 5.91 Å². The van der Waals surface area contributed by atoms with Crippen molar-refractivity contribution in [2.45, 2.75) is 110 Å². The number of carbonyl (C=O) groups excluding carboxylic acids is 1. The Morgan fingerprint density at radius 3 is 1.98 bits per heavy atom. The molecule has 0 spiro atoms. The van der Waals surface area contributed by atoms with E-state index in [2.05, 4.69) is 23.8 Å². The topological polar surface area (TPSA) is 64.5 Å². The summed E-state index contributed by atoms with van der Waals surface area (Å²) in [5.41, 5.74) is 6.82. The summed E-state index contributed by atoms with van der Waals surface area (Å²) in [5, 5.41) is 3.02. The van der Waals surface area contributed by atoms with Crippen molar-refractivity contribution in [2.24, 2.45) is 0 Å². The zero-order chi connectivity index (χ0) is 33.5. The molecule has 0 aliphatic rings. The number of carbonyl (C=O) groups is 1. The standard InChI is InChI=1S/C42H55N3O3/c1-2-3-4-5-6-7-8-9-10-11-12-13-14-15-16-23-31-48-44-38-28-24-27-37(32-38)42(46)43-39-33-41(47-35-36-25-19-17-20-26-36)45(34-39)40-29-21-18-22-30-40/h17-34,44H,2-16,35H2,1H3,(H,43,46). The fourth-order valence-corrected chi connectivity index (χ4v) is 5.75. The van der Waals surface area contributed by atoms with E-state index in [1.165, 1.54) is 89.9 Å². The van der Waals surface area contributed by atoms with Gasteiger partial charge in [0.05, 0.1) is 11.4 Å². The van der Waals surface area contributed by atoms with Gasteiger partial charge in [0.1, 0.15) is 12.9 Å². The van der Waals surface area contributed by atoms with Crippen molar-refractivity contribution in [1.82, 2.24) is 4.57 Å². The van der Waals surface area contributed by atoms with Crippen LogP contribution in [-0.4, -0.2) is 10.5 Å². The number of hydrogen-bond donors (Lipinski definition) is 2. The molecule has 4 aromatic rings. The third-order valence-electron chi connectivity index (χ3n) is 8.50. The molecule has 0 radical (unpaired) electrons. The van der Waals surface area contributed by atoms with Gasteiger partial charge < -0.3 is 14.9 Å². The number of hydrogen-bond acceptors (Lipinski definition) is 4. The summed E-state index contributed by atoms with van der Waals surface area (Å²) in [6, 6.07) is 29.1. The first kappa shape index (κ1) is 36.4. The van der Waals surface area contributed by atoms with E-state index in [0.29, 0.717) is 29.4 Å². The molecule has 1 amide bonds. The molecule has 0 saturated heterocycles. The van der Waals surface area contributed by atoms with E-state index in [4.69, 9.17) is 9.57 Å². The molecule has 0 aliphatic carbocycles. The van der Waals surface area contributed by atoms with Crippen LogP contribution in [0.4, 0.5) is 11.4 Å². The Morgan fingerprint density at radius 2 is 1.31 bits per heavy atom. The lowest BCUT2D eigenvalue weighted by Gasteiger charge is -2.10. The van der Waals surface area contributed by atoms with Crippen LogP contribution in [0.25, 0.3) is 5.69 Å². The van der Waals surface area contributed by atoms with E-state index in [1.54, 1.807) is 18.4 Å². The van der Waals surface area contributed by atoms with Gasteiger partial charge in [0.15, 0.2) is 0 Å². The van der Waals surface area contributed by atoms with E-state index in [9.17, 15) is 4.79 Å². The predicted molar refractivity (Wildman–Crippen MR) is 200 cm³/mol. The van der Waals surface area contributed by atoms with Gasteiger partial charge in [-0.25, -0.2) is 5.48 Å². The van der Waals surface area contributed by atoms with Crippen LogP contribution in [0.15, 0.2) is 110 Å². The molecule has 1 aromatic heterocycles. The van der Waals surface area contributed by atoms with Gasteiger partial charge in [-0.05, 0) is 54.8 Å². The molecule has 1 heterocycles. The minimum atomic E-state index is -0.216. The minimum Gasteiger partial charge on any atom is -0.474 e. The van der Waals surface area contributed by atoms with Crippen molar-refractivity contribution in [2.75, 3.05) is 10.8 Å². The van der Waals surface area contributed by atoms with Crippen molar-refractivity contribution >= 4 is 17.3 Å². The van der Waals surface area contributed by atoms with Gasteiger partial charge in [-0.1, -0.05) is 145 Å². The van der Waals surface area contributed by atoms with E-state index in [0.717, 1.165) is 17.7 Å². The zero-order valence-corrected chi connectivity index (χ0v) is 28.9. The summed E-state index contributed by atoms with van der Waals surface area (Å²) in [6.07, 6.45) is 25.8. The Bertz CT molecular complexity index is 1470. The van der Waals surface area contributed by atoms with E-state index in [1.807, 2.05) is 89.6 Å². The van der Waals surface area contributed by atoms with Crippen molar-refractivity contribution in [1.29, 1.82) is 0 Å². The second kappa shape index (κ2) is 22.2. The van der Waals surface area contributed by atoms with Crippen molar-refractivity contribution < 1.29 is 14.4 Å². The Balaban J connectivity index is 1.13. The van der Waals surface area contributed by atoms with E-state index in [-0.39, 0.29) is 5.91 Å². The fraction of sp³-hybridized carbons (Fsp3) is 0.405. The van der Waals surface area contributed by atoms with Crippen molar-refractivity contribution in [3.63, 3.8) is 0 Å². The van der Waals surface area contributed by atoms with Crippen LogP contribution in [0.1, 0.15) is 119 Å². The third-order valence-corrected chi connectivity index (χ3v) is 8.50. The lowest BCUT2D eigenvalue weighted by atomic mass is 10.0. The van der Waals surface area contributed by atoms with Crippen LogP contribution < -0.4 is 15.5 Å². The highest BCUT2D eigenvalue weighted by Crippen LogP contribution is 2.27. The first-order valence-corrected chi connectivity index (χ1v) is 18.2. The summed E-state index contributed by atoms with van der Waals surface area (Å²) >= 11 is 0. The molecule has 0 atom stereocenters. The third kappa shape index (κ3) is 13.7. The Kier molecular flexibility index (Phi) is 16.8. The average molecular weight is 650 g/mol. The number of allylic oxidation sites excluding steroid dienone is 1. The summed E-state index contributed by atoms with van der Waals surface area (Å²) in [6.45, 7) is 2.70. The van der Waals surface area contributed by atoms with E-state index < -0.39 is 0 Å². The number of nitrogens with one attached hydrogen (secondary N) is 2. The van der Waals surface area contributed by atoms with Crippen LogP contribution in [0, 0.1) is 0 Å². The number of unbranched alkanes of at least 4 members (excludes halogenated alkanes) is 14. The van der Waals surface area contributed by atoms with Crippen LogP contribution in [-0.2, 0) is 11.4 Å². The van der Waals surface area contributed by atoms with E-state index >= 15 is 0 Å². The molecule has 3 aromatic carbocycles. The van der Waals surface area contributed by atoms with Gasteiger partial charge in [-0.2, -0.15) is 0 Å². The monoisotopic (exact) mass is 649 g/mol. The second-order valence-corrected chi connectivity index (χ2v) is 12.6. The first-order chi connectivity index (χ1) is 23.7. The Hall–Kier alpha value is -4.45. The maximum absolute atomic E-state index is 13.2. The molecular weight excluding hydrogens is 594 g/mol. The number of para-hydroxylation sites is 1. The molecule has 0 fully saturated rings. The van der Waals surface area contributed by atoms with Crippen LogP contribution in [0.3, 0.4) is 0 Å². The minimum absolute atomic E-state index is 0.216. The van der Waals surface area contributed by atoms with Crippen molar-refractivity contribution in [3.8, 4) is 11.6 Å². The Labute approximate surface area is 288 Å². The molecule has 256 valence electrons. The number of anilines is 2. The summed E-state index contributed by atoms with van der Waals surface area (Å²) in [4.78, 5) is 18.7. The largest absolute Gasteiger partial charge is 0.474 e. The maximum atomic E-state index is 13.2. The SMILES string of the molecule is CCCCCCCCCCCCCCCCC=CONc1cccc(C(=O)Nc2cc(OCc3ccccc3)n(-c3ccccc3)c2)c1. The lowest BCUT2D eigenvalue weighted by Crippen LogP contribution is -2.11. The molecule has 48 heavy (non-hydrogen) atoms. The fourth-order valence-electron chi connectivity index (χ4n) is 5.75. The average Bonchev–Trinajstić information content (AvgIpc) is 3.53. The van der Waals surface area contributed by atoms with Gasteiger partial charge in [-0.15, -0.1) is 0 Å². The molecule has 0 bridgehead atoms. The van der Waals surface area contributed by atoms with Gasteiger partial charge >= 0.3 is 0 Å². The number of rotatable bonds is 24. The van der Waals surface area contributed by atoms with Gasteiger partial charge in [0, 0.05) is 23.5 Å². The van der Waals surface area contributed by atoms with Gasteiger partial charge in [0.2, 0.25) is 5.88 Å². The Morgan fingerprint density at radius 1 is 0.688 bits per heavy atom. The summed E-state index contributed by atoms with van der Waals surface area (Å²) < 4.78 is 8.11. The normalized spacial score (nSPS) is 11.1. The highest BCUT2D eigenvalue weighted by molar-refractivity contribution is 6.04. The highest BCUT2D eigenvalue weighted by atomic mass is 16.6. The highest BCUT2D eigenvalue weighted by Gasteiger charge is 2.13. The molecule has 0 saturated carbocycles. The summed E-state index contributed by atoms with van der Waals surface area (Å²) in [7, 11) is 0. The quantitative estimate of drug-likeness (QED) is 0.0450. The molecule has 0 unspecified atom stereocenters. The first-order valence-electron chi connectivity index (χ1n) is 18.2. The molecule has 6 nitrogen and oxygen atoms in total. The van der Waals surface area contributed by atoms with Crippen molar-refractivity contribution in [3.05, 3.63) is 121 Å². The smallest absolute Gasteiger partial charge is 0.255 e. The van der Waals surface area contributed by atoms with Crippen LogP contribution in [0.2, 0.25) is 0 Å². The number of benzene rings is 3. The maximum Gasteiger partial charge on any atom is 0.255 e.